The van der Waals surface area contributed by atoms with Gasteiger partial charge in [0, 0.05) is 5.69 Å². The molecule has 0 saturated carbocycles. The second-order valence-electron chi connectivity index (χ2n) is 6.64. The number of nitrogens with one attached hydrogen (secondary N) is 1. The molecule has 3 rings (SSSR count). The molecule has 0 aliphatic rings. The number of nitrogens with zero attached hydrogens (tertiary/aromatic N) is 1. The molecule has 5 nitrogen and oxygen atoms in total. The van der Waals surface area contributed by atoms with Crippen molar-refractivity contribution in [1.29, 1.82) is 0 Å². The molecule has 0 saturated heterocycles. The number of benzene rings is 2. The van der Waals surface area contributed by atoms with Gasteiger partial charge in [0.15, 0.2) is 6.61 Å². The van der Waals surface area contributed by atoms with E-state index in [1.807, 2.05) is 60.7 Å². The Hall–Kier alpha value is -3.18. The third-order valence-electron chi connectivity index (χ3n) is 4.41. The van der Waals surface area contributed by atoms with Crippen LogP contribution in [-0.2, 0) is 9.53 Å². The third kappa shape index (κ3) is 5.21. The van der Waals surface area contributed by atoms with E-state index in [0.29, 0.717) is 11.3 Å². The van der Waals surface area contributed by atoms with Crippen LogP contribution in [0.3, 0.4) is 0 Å². The highest BCUT2D eigenvalue weighted by atomic mass is 35.5. The molecule has 1 aromatic heterocycles. The van der Waals surface area contributed by atoms with Gasteiger partial charge in [-0.05, 0) is 36.6 Å². The van der Waals surface area contributed by atoms with E-state index in [1.54, 1.807) is 19.9 Å². The van der Waals surface area contributed by atoms with Crippen LogP contribution in [0.1, 0.15) is 38.8 Å². The van der Waals surface area contributed by atoms with Gasteiger partial charge in [-0.1, -0.05) is 72.3 Å². The maximum Gasteiger partial charge on any atom is 0.342 e. The molecule has 148 valence electrons. The molecule has 1 heterocycles. The topological polar surface area (TPSA) is 68.3 Å². The summed E-state index contributed by atoms with van der Waals surface area (Å²) in [5.41, 5.74) is 3.39. The van der Waals surface area contributed by atoms with Gasteiger partial charge in [-0.3, -0.25) is 4.79 Å². The fourth-order valence-electron chi connectivity index (χ4n) is 3.09. The first kappa shape index (κ1) is 20.6. The molecule has 0 fully saturated rings. The molecular weight excluding hydrogens is 388 g/mol. The minimum atomic E-state index is -0.675. The van der Waals surface area contributed by atoms with Crippen LogP contribution in [0.5, 0.6) is 0 Å². The van der Waals surface area contributed by atoms with E-state index < -0.39 is 18.5 Å². The second kappa shape index (κ2) is 9.34. The first-order valence-corrected chi connectivity index (χ1v) is 9.53. The van der Waals surface area contributed by atoms with Gasteiger partial charge in [0.25, 0.3) is 5.91 Å². The fourth-order valence-corrected chi connectivity index (χ4v) is 3.45. The van der Waals surface area contributed by atoms with Crippen molar-refractivity contribution in [2.45, 2.75) is 19.9 Å². The average molecular weight is 409 g/mol. The van der Waals surface area contributed by atoms with Crippen LogP contribution in [0.4, 0.5) is 0 Å². The van der Waals surface area contributed by atoms with Crippen LogP contribution in [0.2, 0.25) is 5.15 Å². The summed E-state index contributed by atoms with van der Waals surface area (Å²) in [6.07, 6.45) is 0. The molecule has 29 heavy (non-hydrogen) atoms. The van der Waals surface area contributed by atoms with Gasteiger partial charge < -0.3 is 10.1 Å². The molecule has 0 aliphatic heterocycles. The van der Waals surface area contributed by atoms with Crippen LogP contribution < -0.4 is 5.32 Å². The van der Waals surface area contributed by atoms with Crippen LogP contribution in [-0.4, -0.2) is 23.5 Å². The average Bonchev–Trinajstić information content (AvgIpc) is 2.71. The largest absolute Gasteiger partial charge is 0.452 e. The number of halogens is 1. The van der Waals surface area contributed by atoms with Gasteiger partial charge in [0.2, 0.25) is 0 Å². The molecule has 3 aromatic rings. The Morgan fingerprint density at radius 3 is 2.07 bits per heavy atom. The number of pyridine rings is 1. The SMILES string of the molecule is Cc1cc(C)c(C(=O)OCC(=O)NC(c2ccccc2)c2ccccc2)c(Cl)n1. The summed E-state index contributed by atoms with van der Waals surface area (Å²) in [5.74, 6) is -1.09. The van der Waals surface area contributed by atoms with Gasteiger partial charge in [0.05, 0.1) is 11.6 Å². The molecule has 1 amide bonds. The molecule has 2 aromatic carbocycles. The zero-order valence-corrected chi connectivity index (χ0v) is 16.9. The summed E-state index contributed by atoms with van der Waals surface area (Å²) >= 11 is 6.08. The van der Waals surface area contributed by atoms with Crippen molar-refractivity contribution in [1.82, 2.24) is 10.3 Å². The highest BCUT2D eigenvalue weighted by Gasteiger charge is 2.20. The van der Waals surface area contributed by atoms with Gasteiger partial charge in [0.1, 0.15) is 5.15 Å². The van der Waals surface area contributed by atoms with Crippen LogP contribution in [0.25, 0.3) is 0 Å². The number of hydrogen-bond acceptors (Lipinski definition) is 4. The number of hydrogen-bond donors (Lipinski definition) is 1. The summed E-state index contributed by atoms with van der Waals surface area (Å²) in [6.45, 7) is 3.12. The van der Waals surface area contributed by atoms with Crippen LogP contribution in [0.15, 0.2) is 66.7 Å². The summed E-state index contributed by atoms with van der Waals surface area (Å²) in [6, 6.07) is 20.6. The molecule has 0 spiro atoms. The predicted molar refractivity (Wildman–Crippen MR) is 112 cm³/mol. The van der Waals surface area contributed by atoms with Crippen molar-refractivity contribution in [2.75, 3.05) is 6.61 Å². The Bertz CT molecular complexity index is 945. The first-order valence-electron chi connectivity index (χ1n) is 9.16. The Labute approximate surface area is 174 Å². The molecule has 0 aliphatic carbocycles. The zero-order chi connectivity index (χ0) is 20.8. The summed E-state index contributed by atoms with van der Waals surface area (Å²) in [7, 11) is 0. The number of esters is 1. The second-order valence-corrected chi connectivity index (χ2v) is 7.00. The summed E-state index contributed by atoms with van der Waals surface area (Å²) < 4.78 is 5.19. The molecule has 0 unspecified atom stereocenters. The Morgan fingerprint density at radius 1 is 1.00 bits per heavy atom. The van der Waals surface area contributed by atoms with E-state index in [1.165, 1.54) is 0 Å². The van der Waals surface area contributed by atoms with Crippen molar-refractivity contribution in [3.05, 3.63) is 99.8 Å². The number of amides is 1. The van der Waals surface area contributed by atoms with Gasteiger partial charge in [-0.2, -0.15) is 0 Å². The molecule has 1 N–H and O–H groups in total. The van der Waals surface area contributed by atoms with E-state index in [-0.39, 0.29) is 16.8 Å². The number of carbonyl (C=O) groups excluding carboxylic acids is 2. The number of aryl methyl sites for hydroxylation is 2. The third-order valence-corrected chi connectivity index (χ3v) is 4.68. The number of ether oxygens (including phenoxy) is 1. The molecular formula is C23H21ClN2O3. The van der Waals surface area contributed by atoms with E-state index in [4.69, 9.17) is 16.3 Å². The van der Waals surface area contributed by atoms with Crippen LogP contribution >= 0.6 is 11.6 Å². The van der Waals surface area contributed by atoms with Crippen molar-refractivity contribution >= 4 is 23.5 Å². The van der Waals surface area contributed by atoms with E-state index in [2.05, 4.69) is 10.3 Å². The Morgan fingerprint density at radius 2 is 1.55 bits per heavy atom. The van der Waals surface area contributed by atoms with Crippen molar-refractivity contribution in [2.24, 2.45) is 0 Å². The summed E-state index contributed by atoms with van der Waals surface area (Å²) in [5, 5.41) is 3.00. The lowest BCUT2D eigenvalue weighted by molar-refractivity contribution is -0.124. The highest BCUT2D eigenvalue weighted by Crippen LogP contribution is 2.22. The van der Waals surface area contributed by atoms with Crippen molar-refractivity contribution in [3.63, 3.8) is 0 Å². The Balaban J connectivity index is 1.71. The van der Waals surface area contributed by atoms with Gasteiger partial charge in [-0.15, -0.1) is 0 Å². The van der Waals surface area contributed by atoms with Crippen molar-refractivity contribution < 1.29 is 14.3 Å². The summed E-state index contributed by atoms with van der Waals surface area (Å²) in [4.78, 5) is 29.0. The van der Waals surface area contributed by atoms with Crippen LogP contribution in [0, 0.1) is 13.8 Å². The maximum atomic E-state index is 12.5. The molecule has 0 atom stereocenters. The molecule has 0 radical (unpaired) electrons. The van der Waals surface area contributed by atoms with E-state index in [0.717, 1.165) is 11.1 Å². The number of rotatable bonds is 6. The quantitative estimate of drug-likeness (QED) is 0.484. The number of aromatic nitrogens is 1. The standard InChI is InChI=1S/C23H21ClN2O3/c1-15-13-16(2)25-22(24)20(15)23(28)29-14-19(27)26-21(17-9-5-3-6-10-17)18-11-7-4-8-12-18/h3-13,21H,14H2,1-2H3,(H,26,27). The predicted octanol–water partition coefficient (Wildman–Crippen LogP) is 4.41. The smallest absolute Gasteiger partial charge is 0.342 e. The van der Waals surface area contributed by atoms with Crippen molar-refractivity contribution in [3.8, 4) is 0 Å². The normalized spacial score (nSPS) is 10.6. The van der Waals surface area contributed by atoms with Gasteiger partial charge in [-0.25, -0.2) is 9.78 Å². The molecule has 0 bridgehead atoms. The fraction of sp³-hybridized carbons (Fsp3) is 0.174. The lowest BCUT2D eigenvalue weighted by Crippen LogP contribution is -2.33. The zero-order valence-electron chi connectivity index (χ0n) is 16.2. The van der Waals surface area contributed by atoms with Gasteiger partial charge >= 0.3 is 5.97 Å². The molecule has 6 heteroatoms. The lowest BCUT2D eigenvalue weighted by Gasteiger charge is -2.20. The number of carbonyl (C=O) groups is 2. The Kier molecular flexibility index (Phi) is 6.62. The lowest BCUT2D eigenvalue weighted by atomic mass is 9.99. The van der Waals surface area contributed by atoms with E-state index >= 15 is 0 Å². The highest BCUT2D eigenvalue weighted by molar-refractivity contribution is 6.32. The maximum absolute atomic E-state index is 12.5. The first-order chi connectivity index (χ1) is 14.0. The minimum Gasteiger partial charge on any atom is -0.452 e. The minimum absolute atomic E-state index is 0.0688. The van der Waals surface area contributed by atoms with E-state index in [9.17, 15) is 9.59 Å². The monoisotopic (exact) mass is 408 g/mol.